The summed E-state index contributed by atoms with van der Waals surface area (Å²) in [6.07, 6.45) is 34.3. The SMILES string of the molecule is CCCCCCCCCCCCCCCC(=O)OC1=C(C)C(=O)O/C1=C\[C@@H](C)CCC/C(C)=C/CC/C(C)=C/CCc1ccoc1. The minimum Gasteiger partial charge on any atom is -0.472 e. The fourth-order valence-electron chi connectivity index (χ4n) is 5.90. The fourth-order valence-corrected chi connectivity index (χ4v) is 5.90. The number of ether oxygens (including phenoxy) is 2. The van der Waals surface area contributed by atoms with Gasteiger partial charge in [-0.05, 0) is 95.8 Å². The molecule has 0 aliphatic carbocycles. The minimum absolute atomic E-state index is 0.205. The van der Waals surface area contributed by atoms with E-state index in [1.54, 1.807) is 13.2 Å². The average molecular weight is 637 g/mol. The molecule has 0 bridgehead atoms. The number of hydrogen-bond acceptors (Lipinski definition) is 5. The van der Waals surface area contributed by atoms with Crippen molar-refractivity contribution in [2.75, 3.05) is 0 Å². The molecular weight excluding hydrogens is 572 g/mol. The van der Waals surface area contributed by atoms with Crippen LogP contribution in [0.2, 0.25) is 0 Å². The molecule has 0 radical (unpaired) electrons. The highest BCUT2D eigenvalue weighted by Gasteiger charge is 2.30. The van der Waals surface area contributed by atoms with E-state index in [9.17, 15) is 9.59 Å². The third-order valence-corrected chi connectivity index (χ3v) is 8.98. The molecule has 2 heterocycles. The van der Waals surface area contributed by atoms with Gasteiger partial charge in [-0.1, -0.05) is 114 Å². The van der Waals surface area contributed by atoms with Crippen molar-refractivity contribution in [2.45, 2.75) is 169 Å². The number of cyclic esters (lactones) is 1. The molecule has 258 valence electrons. The van der Waals surface area contributed by atoms with Gasteiger partial charge in [0.05, 0.1) is 18.1 Å². The van der Waals surface area contributed by atoms with Crippen molar-refractivity contribution in [3.8, 4) is 0 Å². The second-order valence-electron chi connectivity index (χ2n) is 13.5. The Morgan fingerprint density at radius 2 is 1.43 bits per heavy atom. The second kappa shape index (κ2) is 24.4. The van der Waals surface area contributed by atoms with Crippen molar-refractivity contribution in [3.05, 3.63) is 70.6 Å². The van der Waals surface area contributed by atoms with Crippen LogP contribution in [0.4, 0.5) is 0 Å². The highest BCUT2D eigenvalue weighted by molar-refractivity contribution is 5.94. The molecule has 0 unspecified atom stereocenters. The molecule has 0 fully saturated rings. The molecule has 5 heteroatoms. The van der Waals surface area contributed by atoms with Gasteiger partial charge in [0.15, 0.2) is 11.5 Å². The molecule has 1 aliphatic heterocycles. The maximum absolute atomic E-state index is 12.6. The zero-order valence-corrected chi connectivity index (χ0v) is 29.9. The number of allylic oxidation sites excluding steroid dienone is 5. The molecule has 46 heavy (non-hydrogen) atoms. The Bertz CT molecular complexity index is 1120. The third-order valence-electron chi connectivity index (χ3n) is 8.98. The number of esters is 2. The number of carbonyl (C=O) groups is 2. The normalized spacial score (nSPS) is 15.6. The lowest BCUT2D eigenvalue weighted by molar-refractivity contribution is -0.140. The highest BCUT2D eigenvalue weighted by atomic mass is 16.6. The summed E-state index contributed by atoms with van der Waals surface area (Å²) in [4.78, 5) is 24.9. The lowest BCUT2D eigenvalue weighted by atomic mass is 9.99. The first kappa shape index (κ1) is 39.4. The van der Waals surface area contributed by atoms with Crippen molar-refractivity contribution in [2.24, 2.45) is 5.92 Å². The van der Waals surface area contributed by atoms with Crippen molar-refractivity contribution < 1.29 is 23.5 Å². The molecule has 0 amide bonds. The molecule has 0 aromatic carbocycles. The van der Waals surface area contributed by atoms with Crippen LogP contribution in [-0.2, 0) is 25.5 Å². The summed E-state index contributed by atoms with van der Waals surface area (Å²) in [6, 6.07) is 2.03. The molecule has 0 saturated carbocycles. The lowest BCUT2D eigenvalue weighted by Crippen LogP contribution is -2.06. The molecule has 0 spiro atoms. The molecule has 0 saturated heterocycles. The number of carbonyl (C=O) groups excluding carboxylic acids is 2. The Kier molecular flexibility index (Phi) is 20.8. The number of hydrogen-bond donors (Lipinski definition) is 0. The Labute approximate surface area is 281 Å². The molecule has 1 aromatic rings. The van der Waals surface area contributed by atoms with E-state index in [0.717, 1.165) is 64.2 Å². The quantitative estimate of drug-likeness (QED) is 0.0575. The van der Waals surface area contributed by atoms with E-state index >= 15 is 0 Å². The Balaban J connectivity index is 1.60. The van der Waals surface area contributed by atoms with E-state index < -0.39 is 5.97 Å². The first-order valence-electron chi connectivity index (χ1n) is 18.5. The molecule has 5 nitrogen and oxygen atoms in total. The van der Waals surface area contributed by atoms with Crippen LogP contribution in [0.1, 0.15) is 169 Å². The van der Waals surface area contributed by atoms with Gasteiger partial charge < -0.3 is 13.9 Å². The van der Waals surface area contributed by atoms with Gasteiger partial charge in [-0.3, -0.25) is 4.79 Å². The van der Waals surface area contributed by atoms with Crippen LogP contribution in [0.3, 0.4) is 0 Å². The van der Waals surface area contributed by atoms with Crippen LogP contribution in [0.25, 0.3) is 0 Å². The summed E-state index contributed by atoms with van der Waals surface area (Å²) in [5.74, 6) is 0.207. The van der Waals surface area contributed by atoms with E-state index in [0.29, 0.717) is 23.5 Å². The highest BCUT2D eigenvalue weighted by Crippen LogP contribution is 2.30. The molecule has 1 aromatic heterocycles. The molecule has 1 atom stereocenters. The van der Waals surface area contributed by atoms with Gasteiger partial charge in [-0.15, -0.1) is 0 Å². The Hall–Kier alpha value is -2.82. The van der Waals surface area contributed by atoms with Crippen molar-refractivity contribution in [1.82, 2.24) is 0 Å². The van der Waals surface area contributed by atoms with Crippen LogP contribution in [-0.4, -0.2) is 11.9 Å². The Morgan fingerprint density at radius 1 is 0.826 bits per heavy atom. The fraction of sp³-hybridized carbons (Fsp3) is 0.659. The van der Waals surface area contributed by atoms with Gasteiger partial charge >= 0.3 is 11.9 Å². The van der Waals surface area contributed by atoms with E-state index in [1.165, 1.54) is 80.9 Å². The summed E-state index contributed by atoms with van der Waals surface area (Å²) in [5, 5.41) is 0. The van der Waals surface area contributed by atoms with Gasteiger partial charge in [0.1, 0.15) is 0 Å². The van der Waals surface area contributed by atoms with Crippen LogP contribution in [0.15, 0.2) is 69.5 Å². The molecule has 1 aliphatic rings. The number of aryl methyl sites for hydroxylation is 1. The standard InChI is InChI=1S/C41H64O5/c1-6-7-8-9-10-11-12-13-14-15-16-17-18-28-39(42)46-40-36(5)41(43)45-38(40)31-35(4)26-20-24-33(2)22-19-23-34(3)25-21-27-37-29-30-44-32-37/h22,25,29-32,35H,6-21,23-24,26-28H2,1-5H3/b33-22+,34-25+,38-31-/t35-/m0/s1. The van der Waals surface area contributed by atoms with Crippen molar-refractivity contribution in [1.29, 1.82) is 0 Å². The van der Waals surface area contributed by atoms with Crippen LogP contribution in [0.5, 0.6) is 0 Å². The third kappa shape index (κ3) is 17.8. The number of furan rings is 1. The Morgan fingerprint density at radius 3 is 2.07 bits per heavy atom. The second-order valence-corrected chi connectivity index (χ2v) is 13.5. The molecule has 2 rings (SSSR count). The van der Waals surface area contributed by atoms with E-state index in [4.69, 9.17) is 13.9 Å². The summed E-state index contributed by atoms with van der Waals surface area (Å²) in [7, 11) is 0. The summed E-state index contributed by atoms with van der Waals surface area (Å²) >= 11 is 0. The van der Waals surface area contributed by atoms with Gasteiger partial charge in [-0.25, -0.2) is 4.79 Å². The molecular formula is C41H64O5. The zero-order chi connectivity index (χ0) is 33.4. The molecule has 0 N–H and O–H groups in total. The minimum atomic E-state index is -0.424. The van der Waals surface area contributed by atoms with Gasteiger partial charge in [0, 0.05) is 6.42 Å². The van der Waals surface area contributed by atoms with Gasteiger partial charge in [0.25, 0.3) is 0 Å². The predicted octanol–water partition coefficient (Wildman–Crippen LogP) is 12.4. The summed E-state index contributed by atoms with van der Waals surface area (Å²) in [5.41, 5.74) is 4.47. The van der Waals surface area contributed by atoms with E-state index in [2.05, 4.69) is 39.8 Å². The van der Waals surface area contributed by atoms with Crippen molar-refractivity contribution in [3.63, 3.8) is 0 Å². The topological polar surface area (TPSA) is 65.7 Å². The summed E-state index contributed by atoms with van der Waals surface area (Å²) < 4.78 is 16.3. The summed E-state index contributed by atoms with van der Waals surface area (Å²) in [6.45, 7) is 10.5. The zero-order valence-electron chi connectivity index (χ0n) is 29.9. The van der Waals surface area contributed by atoms with E-state index in [1.807, 2.05) is 18.4 Å². The van der Waals surface area contributed by atoms with Gasteiger partial charge in [0.2, 0.25) is 0 Å². The smallest absolute Gasteiger partial charge is 0.343 e. The predicted molar refractivity (Wildman–Crippen MR) is 190 cm³/mol. The van der Waals surface area contributed by atoms with Crippen LogP contribution >= 0.6 is 0 Å². The maximum Gasteiger partial charge on any atom is 0.343 e. The van der Waals surface area contributed by atoms with Crippen LogP contribution < -0.4 is 0 Å². The monoisotopic (exact) mass is 636 g/mol. The first-order chi connectivity index (χ1) is 22.3. The number of rotatable bonds is 26. The maximum atomic E-state index is 12.6. The largest absolute Gasteiger partial charge is 0.472 e. The first-order valence-corrected chi connectivity index (χ1v) is 18.5. The number of unbranched alkanes of at least 4 members (excludes halogenated alkanes) is 12. The lowest BCUT2D eigenvalue weighted by Gasteiger charge is -2.11. The van der Waals surface area contributed by atoms with Crippen molar-refractivity contribution >= 4 is 11.9 Å². The average Bonchev–Trinajstić information content (AvgIpc) is 3.63. The van der Waals surface area contributed by atoms with Crippen LogP contribution in [0, 0.1) is 5.92 Å². The van der Waals surface area contributed by atoms with E-state index in [-0.39, 0.29) is 11.9 Å². The van der Waals surface area contributed by atoms with Gasteiger partial charge in [-0.2, -0.15) is 0 Å².